The third-order valence-electron chi connectivity index (χ3n) is 3.36. The van der Waals surface area contributed by atoms with Gasteiger partial charge in [0, 0.05) is 18.0 Å². The summed E-state index contributed by atoms with van der Waals surface area (Å²) < 4.78 is 41.2. The predicted molar refractivity (Wildman–Crippen MR) is 51.4 cm³/mol. The Morgan fingerprint density at radius 1 is 1.50 bits per heavy atom. The topological polar surface area (TPSA) is 38.1 Å². The zero-order valence-corrected chi connectivity index (χ0v) is 8.99. The molecule has 2 aliphatic rings. The molecule has 1 N–H and O–H groups in total. The highest BCUT2D eigenvalue weighted by molar-refractivity contribution is 5.85. The Kier molecular flexibility index (Phi) is 2.47. The van der Waals surface area contributed by atoms with Crippen LogP contribution in [0.5, 0.6) is 0 Å². The number of hydrogen-bond donors (Lipinski definition) is 1. The van der Waals surface area contributed by atoms with Crippen LogP contribution < -0.4 is 5.32 Å². The summed E-state index contributed by atoms with van der Waals surface area (Å²) in [5.74, 6) is -0.562. The molecule has 0 aromatic carbocycles. The molecule has 7 heteroatoms. The number of aromatic nitrogens is 1. The minimum Gasteiger partial charge on any atom is -0.351 e. The molecular weight excluding hydrogens is 245 g/mol. The van der Waals surface area contributed by atoms with Gasteiger partial charge in [-0.15, -0.1) is 12.4 Å². The Labute approximate surface area is 95.8 Å². The lowest BCUT2D eigenvalue weighted by Gasteiger charge is -2.05. The third-order valence-corrected chi connectivity index (χ3v) is 3.36. The second kappa shape index (κ2) is 3.37. The summed E-state index contributed by atoms with van der Waals surface area (Å²) in [7, 11) is 0. The average Bonchev–Trinajstić information content (AvgIpc) is 2.63. The zero-order chi connectivity index (χ0) is 10.7. The van der Waals surface area contributed by atoms with Gasteiger partial charge >= 0.3 is 6.18 Å². The number of rotatable bonds is 1. The van der Waals surface area contributed by atoms with Crippen LogP contribution in [0.25, 0.3) is 0 Å². The molecule has 1 aromatic rings. The van der Waals surface area contributed by atoms with Crippen LogP contribution in [-0.4, -0.2) is 18.2 Å². The van der Waals surface area contributed by atoms with Gasteiger partial charge in [0.25, 0.3) is 0 Å². The van der Waals surface area contributed by atoms with E-state index in [1.165, 1.54) is 0 Å². The Balaban J connectivity index is 0.000000963. The molecule has 3 nitrogen and oxygen atoms in total. The van der Waals surface area contributed by atoms with Gasteiger partial charge in [-0.25, -0.2) is 0 Å². The summed E-state index contributed by atoms with van der Waals surface area (Å²) >= 11 is 0. The minimum atomic E-state index is -4.43. The van der Waals surface area contributed by atoms with E-state index in [1.807, 2.05) is 0 Å². The minimum absolute atomic E-state index is 0. The highest BCUT2D eigenvalue weighted by Gasteiger charge is 2.60. The second-order valence-electron chi connectivity index (χ2n) is 4.26. The van der Waals surface area contributed by atoms with Crippen molar-refractivity contribution in [3.8, 4) is 0 Å². The summed E-state index contributed by atoms with van der Waals surface area (Å²) in [6.45, 7) is 1.58. The van der Waals surface area contributed by atoms with Crippen molar-refractivity contribution in [2.75, 3.05) is 13.1 Å². The van der Waals surface area contributed by atoms with Gasteiger partial charge < -0.3 is 9.84 Å². The molecule has 1 aliphatic carbocycles. The van der Waals surface area contributed by atoms with E-state index in [4.69, 9.17) is 0 Å². The van der Waals surface area contributed by atoms with E-state index >= 15 is 0 Å². The molecule has 2 atom stereocenters. The molecule has 1 saturated carbocycles. The molecule has 2 fully saturated rings. The normalized spacial score (nSPS) is 32.1. The Morgan fingerprint density at radius 2 is 2.25 bits per heavy atom. The first-order valence-corrected chi connectivity index (χ1v) is 4.77. The predicted octanol–water partition coefficient (Wildman–Crippen LogP) is 1.98. The highest BCUT2D eigenvalue weighted by Crippen LogP contribution is 2.56. The molecule has 1 saturated heterocycles. The fraction of sp³-hybridized carbons (Fsp3) is 0.667. The van der Waals surface area contributed by atoms with E-state index in [-0.39, 0.29) is 17.8 Å². The van der Waals surface area contributed by atoms with Crippen LogP contribution in [0.2, 0.25) is 0 Å². The van der Waals surface area contributed by atoms with Crippen molar-refractivity contribution >= 4 is 12.4 Å². The fourth-order valence-corrected chi connectivity index (χ4v) is 2.38. The van der Waals surface area contributed by atoms with Gasteiger partial charge in [-0.2, -0.15) is 13.2 Å². The lowest BCUT2D eigenvalue weighted by atomic mass is 10.0. The van der Waals surface area contributed by atoms with Crippen LogP contribution in [0.1, 0.15) is 17.9 Å². The lowest BCUT2D eigenvalue weighted by Crippen LogP contribution is -2.19. The smallest absolute Gasteiger partial charge is 0.351 e. The molecule has 3 rings (SSSR count). The first-order valence-electron chi connectivity index (χ1n) is 4.77. The van der Waals surface area contributed by atoms with Crippen molar-refractivity contribution in [1.29, 1.82) is 0 Å². The fourth-order valence-electron chi connectivity index (χ4n) is 2.38. The maximum Gasteiger partial charge on any atom is 0.452 e. The molecular formula is C9H10ClF3N2O. The van der Waals surface area contributed by atoms with Crippen LogP contribution in [0.15, 0.2) is 10.6 Å². The summed E-state index contributed by atoms with van der Waals surface area (Å²) in [6.07, 6.45) is -3.51. The average molecular weight is 255 g/mol. The molecule has 0 bridgehead atoms. The number of halogens is 4. The first-order chi connectivity index (χ1) is 7.02. The van der Waals surface area contributed by atoms with Gasteiger partial charge in [-0.3, -0.25) is 0 Å². The van der Waals surface area contributed by atoms with Crippen molar-refractivity contribution in [2.45, 2.75) is 18.0 Å². The van der Waals surface area contributed by atoms with Crippen LogP contribution in [0, 0.1) is 5.92 Å². The standard InChI is InChI=1S/C9H9F3N2O.ClH/c10-9(11,12)7-1-6(14-15-7)8-2-5(8)3-13-4-8;/h1,5,13H,2-4H2;1H/t5-,8-;/m0./s1. The second-order valence-corrected chi connectivity index (χ2v) is 4.26. The van der Waals surface area contributed by atoms with E-state index in [1.54, 1.807) is 0 Å². The van der Waals surface area contributed by atoms with Crippen molar-refractivity contribution < 1.29 is 17.7 Å². The van der Waals surface area contributed by atoms with Crippen LogP contribution in [0.4, 0.5) is 13.2 Å². The van der Waals surface area contributed by atoms with E-state index in [2.05, 4.69) is 15.0 Å². The molecule has 0 unspecified atom stereocenters. The van der Waals surface area contributed by atoms with E-state index < -0.39 is 11.9 Å². The van der Waals surface area contributed by atoms with Gasteiger partial charge in [0.15, 0.2) is 0 Å². The molecule has 0 radical (unpaired) electrons. The Morgan fingerprint density at radius 3 is 2.69 bits per heavy atom. The summed E-state index contributed by atoms with van der Waals surface area (Å²) in [5, 5.41) is 6.69. The Bertz CT molecular complexity index is 406. The maximum absolute atomic E-state index is 12.3. The van der Waals surface area contributed by atoms with E-state index in [9.17, 15) is 13.2 Å². The number of hydrogen-bond acceptors (Lipinski definition) is 3. The van der Waals surface area contributed by atoms with Gasteiger partial charge in [0.1, 0.15) is 0 Å². The molecule has 1 aromatic heterocycles. The van der Waals surface area contributed by atoms with Crippen LogP contribution >= 0.6 is 12.4 Å². The maximum atomic E-state index is 12.3. The molecule has 0 amide bonds. The van der Waals surface area contributed by atoms with Gasteiger partial charge in [0.05, 0.1) is 5.69 Å². The number of piperidine rings is 1. The molecule has 2 heterocycles. The number of fused-ring (bicyclic) bond motifs is 1. The number of nitrogens with zero attached hydrogens (tertiary/aromatic N) is 1. The van der Waals surface area contributed by atoms with Crippen molar-refractivity contribution in [1.82, 2.24) is 10.5 Å². The zero-order valence-electron chi connectivity index (χ0n) is 8.17. The molecule has 90 valence electrons. The number of nitrogens with one attached hydrogen (secondary N) is 1. The molecule has 1 aliphatic heterocycles. The largest absolute Gasteiger partial charge is 0.452 e. The van der Waals surface area contributed by atoms with Crippen molar-refractivity contribution in [2.24, 2.45) is 5.92 Å². The highest BCUT2D eigenvalue weighted by atomic mass is 35.5. The first kappa shape index (κ1) is 11.7. The van der Waals surface area contributed by atoms with Gasteiger partial charge in [-0.05, 0) is 18.9 Å². The summed E-state index contributed by atoms with van der Waals surface area (Å²) in [5.41, 5.74) is 0.275. The van der Waals surface area contributed by atoms with Gasteiger partial charge in [0.2, 0.25) is 5.76 Å². The van der Waals surface area contributed by atoms with Gasteiger partial charge in [-0.1, -0.05) is 5.16 Å². The monoisotopic (exact) mass is 254 g/mol. The van der Waals surface area contributed by atoms with Crippen LogP contribution in [0.3, 0.4) is 0 Å². The number of alkyl halides is 3. The van der Waals surface area contributed by atoms with Crippen LogP contribution in [-0.2, 0) is 11.6 Å². The SMILES string of the molecule is Cl.FC(F)(F)c1cc([C@@]23CNC[C@@H]2C3)no1. The quantitative estimate of drug-likeness (QED) is 0.833. The van der Waals surface area contributed by atoms with E-state index in [0.717, 1.165) is 19.0 Å². The van der Waals surface area contributed by atoms with Crippen molar-refractivity contribution in [3.05, 3.63) is 17.5 Å². The molecule has 16 heavy (non-hydrogen) atoms. The van der Waals surface area contributed by atoms with E-state index in [0.29, 0.717) is 18.2 Å². The lowest BCUT2D eigenvalue weighted by molar-refractivity contribution is -0.155. The summed E-state index contributed by atoms with van der Waals surface area (Å²) in [6, 6.07) is 1.03. The third kappa shape index (κ3) is 1.51. The molecule has 0 spiro atoms. The van der Waals surface area contributed by atoms with Crippen molar-refractivity contribution in [3.63, 3.8) is 0 Å². The summed E-state index contributed by atoms with van der Waals surface area (Å²) in [4.78, 5) is 0. The Hall–Kier alpha value is -0.750.